The second-order valence-electron chi connectivity index (χ2n) is 6.10. The molecule has 2 aliphatic rings. The van der Waals surface area contributed by atoms with Gasteiger partial charge in [0.25, 0.3) is 0 Å². The summed E-state index contributed by atoms with van der Waals surface area (Å²) >= 11 is 0. The Balaban J connectivity index is 1.45. The molecule has 4 nitrogen and oxygen atoms in total. The van der Waals surface area contributed by atoms with Crippen molar-refractivity contribution in [2.75, 3.05) is 26.7 Å². The second kappa shape index (κ2) is 5.95. The number of ether oxygens (including phenoxy) is 1. The molecule has 4 rings (SSSR count). The number of hydrogen-bond acceptors (Lipinski definition) is 4. The van der Waals surface area contributed by atoms with Crippen molar-refractivity contribution in [3.63, 3.8) is 0 Å². The second-order valence-corrected chi connectivity index (χ2v) is 6.10. The van der Waals surface area contributed by atoms with Gasteiger partial charge in [0, 0.05) is 26.6 Å². The van der Waals surface area contributed by atoms with Crippen LogP contribution in [-0.4, -0.2) is 37.6 Å². The van der Waals surface area contributed by atoms with E-state index in [2.05, 4.69) is 64.7 Å². The maximum absolute atomic E-state index is 5.57. The molecular weight excluding hydrogens is 286 g/mol. The minimum Gasteiger partial charge on any atom is -0.493 e. The zero-order chi connectivity index (χ0) is 15.6. The molecule has 0 unspecified atom stereocenters. The van der Waals surface area contributed by atoms with E-state index in [1.807, 2.05) is 0 Å². The maximum atomic E-state index is 5.57. The van der Waals surface area contributed by atoms with Crippen molar-refractivity contribution >= 4 is 5.96 Å². The van der Waals surface area contributed by atoms with E-state index in [0.29, 0.717) is 0 Å². The number of likely N-dealkylation sites (N-methyl/N-ethyl adjacent to an activating group) is 1. The number of nitrogens with zero attached hydrogens (tertiary/aromatic N) is 2. The summed E-state index contributed by atoms with van der Waals surface area (Å²) in [5, 5.41) is 3.40. The summed E-state index contributed by atoms with van der Waals surface area (Å²) in [6.07, 6.45) is 1.01. The van der Waals surface area contributed by atoms with E-state index in [-0.39, 0.29) is 0 Å². The first-order valence-corrected chi connectivity index (χ1v) is 8.14. The van der Waals surface area contributed by atoms with Crippen LogP contribution in [0.5, 0.6) is 5.75 Å². The molecule has 0 saturated heterocycles. The van der Waals surface area contributed by atoms with E-state index in [1.54, 1.807) is 0 Å². The molecule has 23 heavy (non-hydrogen) atoms. The van der Waals surface area contributed by atoms with Gasteiger partial charge in [-0.2, -0.15) is 0 Å². The zero-order valence-electron chi connectivity index (χ0n) is 13.4. The average Bonchev–Trinajstić information content (AvgIpc) is 3.21. The van der Waals surface area contributed by atoms with Crippen molar-refractivity contribution in [1.29, 1.82) is 0 Å². The van der Waals surface area contributed by atoms with Crippen LogP contribution in [0.3, 0.4) is 0 Å². The van der Waals surface area contributed by atoms with Gasteiger partial charge in [-0.1, -0.05) is 30.3 Å². The Hall–Kier alpha value is -2.49. The SMILES string of the molecule is CN1CCN=C1NCc1ccc(-c2ccc3c(c2)CCO3)cc1. The van der Waals surface area contributed by atoms with Crippen molar-refractivity contribution in [2.24, 2.45) is 4.99 Å². The summed E-state index contributed by atoms with van der Waals surface area (Å²) in [5.41, 5.74) is 5.09. The Morgan fingerprint density at radius 2 is 1.96 bits per heavy atom. The largest absolute Gasteiger partial charge is 0.493 e. The van der Waals surface area contributed by atoms with Crippen LogP contribution < -0.4 is 10.1 Å². The first kappa shape index (κ1) is 14.1. The fourth-order valence-corrected chi connectivity index (χ4v) is 3.09. The molecule has 0 saturated carbocycles. The normalized spacial score (nSPS) is 16.0. The van der Waals surface area contributed by atoms with Crippen molar-refractivity contribution in [3.8, 4) is 16.9 Å². The molecule has 0 aromatic heterocycles. The Labute approximate surface area is 136 Å². The van der Waals surface area contributed by atoms with Gasteiger partial charge in [0.15, 0.2) is 5.96 Å². The van der Waals surface area contributed by atoms with Crippen LogP contribution >= 0.6 is 0 Å². The average molecular weight is 307 g/mol. The highest BCUT2D eigenvalue weighted by atomic mass is 16.5. The van der Waals surface area contributed by atoms with E-state index in [9.17, 15) is 0 Å². The summed E-state index contributed by atoms with van der Waals surface area (Å²) < 4.78 is 5.57. The predicted octanol–water partition coefficient (Wildman–Crippen LogP) is 2.68. The third-order valence-electron chi connectivity index (χ3n) is 4.49. The fraction of sp³-hybridized carbons (Fsp3) is 0.316. The summed E-state index contributed by atoms with van der Waals surface area (Å²) in [5.74, 6) is 2.03. The lowest BCUT2D eigenvalue weighted by Crippen LogP contribution is -2.35. The topological polar surface area (TPSA) is 36.9 Å². The minimum atomic E-state index is 0.807. The Morgan fingerprint density at radius 3 is 2.74 bits per heavy atom. The van der Waals surface area contributed by atoms with Crippen molar-refractivity contribution in [2.45, 2.75) is 13.0 Å². The number of benzene rings is 2. The molecule has 2 aliphatic heterocycles. The van der Waals surface area contributed by atoms with Crippen molar-refractivity contribution in [3.05, 3.63) is 53.6 Å². The highest BCUT2D eigenvalue weighted by Gasteiger charge is 2.13. The van der Waals surface area contributed by atoms with Crippen LogP contribution in [0, 0.1) is 0 Å². The smallest absolute Gasteiger partial charge is 0.194 e. The quantitative estimate of drug-likeness (QED) is 0.947. The third-order valence-corrected chi connectivity index (χ3v) is 4.49. The summed E-state index contributed by atoms with van der Waals surface area (Å²) in [7, 11) is 2.07. The van der Waals surface area contributed by atoms with Crippen LogP contribution in [-0.2, 0) is 13.0 Å². The Morgan fingerprint density at radius 1 is 1.13 bits per heavy atom. The molecule has 0 aliphatic carbocycles. The lowest BCUT2D eigenvalue weighted by Gasteiger charge is -2.15. The lowest BCUT2D eigenvalue weighted by molar-refractivity contribution is 0.357. The zero-order valence-corrected chi connectivity index (χ0v) is 13.4. The van der Waals surface area contributed by atoms with Gasteiger partial charge in [0.2, 0.25) is 0 Å². The number of fused-ring (bicyclic) bond motifs is 1. The number of aliphatic imine (C=N–C) groups is 1. The van der Waals surface area contributed by atoms with E-state index in [1.165, 1.54) is 22.3 Å². The standard InChI is InChI=1S/C19H21N3O/c1-22-10-9-20-19(22)21-13-14-2-4-15(5-3-14)16-6-7-18-17(12-16)8-11-23-18/h2-7,12H,8-11,13H2,1H3,(H,20,21). The third kappa shape index (κ3) is 2.89. The number of rotatable bonds is 3. The highest BCUT2D eigenvalue weighted by Crippen LogP contribution is 2.30. The fourth-order valence-electron chi connectivity index (χ4n) is 3.09. The van der Waals surface area contributed by atoms with Gasteiger partial charge in [-0.3, -0.25) is 4.99 Å². The van der Waals surface area contributed by atoms with Crippen LogP contribution in [0.25, 0.3) is 11.1 Å². The van der Waals surface area contributed by atoms with Gasteiger partial charge < -0.3 is 15.0 Å². The number of guanidine groups is 1. The predicted molar refractivity (Wildman–Crippen MR) is 92.8 cm³/mol. The first-order valence-electron chi connectivity index (χ1n) is 8.14. The molecule has 0 radical (unpaired) electrons. The summed E-state index contributed by atoms with van der Waals surface area (Å²) in [6, 6.07) is 15.2. The van der Waals surface area contributed by atoms with E-state index in [0.717, 1.165) is 44.4 Å². The molecule has 0 spiro atoms. The van der Waals surface area contributed by atoms with Crippen LogP contribution in [0.4, 0.5) is 0 Å². The van der Waals surface area contributed by atoms with Crippen LogP contribution in [0.2, 0.25) is 0 Å². The molecule has 0 bridgehead atoms. The van der Waals surface area contributed by atoms with Crippen molar-refractivity contribution < 1.29 is 4.74 Å². The number of nitrogens with one attached hydrogen (secondary N) is 1. The van der Waals surface area contributed by atoms with Gasteiger partial charge in [-0.05, 0) is 34.4 Å². The molecule has 2 aromatic carbocycles. The van der Waals surface area contributed by atoms with Gasteiger partial charge in [0.05, 0.1) is 13.2 Å². The van der Waals surface area contributed by atoms with Gasteiger partial charge in [-0.25, -0.2) is 0 Å². The molecule has 118 valence electrons. The minimum absolute atomic E-state index is 0.807. The van der Waals surface area contributed by atoms with E-state index >= 15 is 0 Å². The molecule has 0 atom stereocenters. The van der Waals surface area contributed by atoms with Crippen molar-refractivity contribution in [1.82, 2.24) is 10.2 Å². The van der Waals surface area contributed by atoms with Gasteiger partial charge in [-0.15, -0.1) is 0 Å². The molecule has 0 amide bonds. The Kier molecular flexibility index (Phi) is 3.66. The maximum Gasteiger partial charge on any atom is 0.194 e. The molecular formula is C19H21N3O. The molecule has 2 aromatic rings. The number of hydrogen-bond donors (Lipinski definition) is 1. The van der Waals surface area contributed by atoms with Crippen LogP contribution in [0.1, 0.15) is 11.1 Å². The molecule has 1 N–H and O–H groups in total. The van der Waals surface area contributed by atoms with Crippen LogP contribution in [0.15, 0.2) is 47.5 Å². The molecule has 0 fully saturated rings. The van der Waals surface area contributed by atoms with Gasteiger partial charge in [0.1, 0.15) is 5.75 Å². The lowest BCUT2D eigenvalue weighted by atomic mass is 10.0. The Bertz CT molecular complexity index is 737. The van der Waals surface area contributed by atoms with E-state index < -0.39 is 0 Å². The summed E-state index contributed by atoms with van der Waals surface area (Å²) in [4.78, 5) is 6.60. The first-order chi connectivity index (χ1) is 11.3. The molecule has 2 heterocycles. The van der Waals surface area contributed by atoms with E-state index in [4.69, 9.17) is 4.74 Å². The monoisotopic (exact) mass is 307 g/mol. The summed E-state index contributed by atoms with van der Waals surface area (Å²) in [6.45, 7) is 3.51. The highest BCUT2D eigenvalue weighted by molar-refractivity contribution is 5.81. The molecule has 4 heteroatoms. The van der Waals surface area contributed by atoms with Gasteiger partial charge >= 0.3 is 0 Å².